The van der Waals surface area contributed by atoms with E-state index in [0.29, 0.717) is 19.3 Å². The first kappa shape index (κ1) is 60.4. The van der Waals surface area contributed by atoms with Crippen LogP contribution in [0.5, 0.6) is 0 Å². The Morgan fingerprint density at radius 1 is 0.306 bits per heavy atom. The molecule has 0 bridgehead atoms. The summed E-state index contributed by atoms with van der Waals surface area (Å²) in [6.45, 7) is 11.4. The highest BCUT2D eigenvalue weighted by molar-refractivity contribution is 5.71. The monoisotopic (exact) mass is 877 g/mol. The van der Waals surface area contributed by atoms with E-state index in [1.165, 1.54) is 199 Å². The Bertz CT molecular complexity index is 947. The standard InChI is InChI=1S/C56H108O6/c1-6-7-8-9-10-11-12-16-20-26-31-36-41-46-54(57)60-49-53(62-56(59)48-43-38-33-28-23-22-25-30-35-40-45-52(4)5)50-61-55(58)47-42-37-32-27-21-18-15-13-14-17-19-24-29-34-39-44-51(2)3/h51-53H,6-50H2,1-5H3/t53-/m1/s1. The van der Waals surface area contributed by atoms with Gasteiger partial charge in [0.15, 0.2) is 6.10 Å². The second-order valence-corrected chi connectivity index (χ2v) is 20.2. The van der Waals surface area contributed by atoms with Gasteiger partial charge in [-0.25, -0.2) is 0 Å². The van der Waals surface area contributed by atoms with Gasteiger partial charge in [-0.15, -0.1) is 0 Å². The third-order valence-electron chi connectivity index (χ3n) is 12.7. The second-order valence-electron chi connectivity index (χ2n) is 20.2. The molecule has 0 heterocycles. The second kappa shape index (κ2) is 48.9. The van der Waals surface area contributed by atoms with Gasteiger partial charge in [-0.05, 0) is 31.1 Å². The van der Waals surface area contributed by atoms with Crippen LogP contribution in [-0.4, -0.2) is 37.2 Å². The van der Waals surface area contributed by atoms with Crippen LogP contribution in [0.1, 0.15) is 311 Å². The van der Waals surface area contributed by atoms with Crippen LogP contribution in [0.4, 0.5) is 0 Å². The van der Waals surface area contributed by atoms with Gasteiger partial charge in [0.1, 0.15) is 13.2 Å². The topological polar surface area (TPSA) is 78.9 Å². The quantitative estimate of drug-likeness (QED) is 0.0344. The van der Waals surface area contributed by atoms with E-state index in [4.69, 9.17) is 14.2 Å². The molecule has 0 amide bonds. The van der Waals surface area contributed by atoms with Gasteiger partial charge in [-0.1, -0.05) is 272 Å². The Morgan fingerprint density at radius 2 is 0.532 bits per heavy atom. The van der Waals surface area contributed by atoms with Crippen LogP contribution >= 0.6 is 0 Å². The summed E-state index contributed by atoms with van der Waals surface area (Å²) in [7, 11) is 0. The number of unbranched alkanes of at least 4 members (excludes halogenated alkanes) is 35. The first-order chi connectivity index (χ1) is 30.2. The zero-order chi connectivity index (χ0) is 45.4. The van der Waals surface area contributed by atoms with Crippen LogP contribution in [-0.2, 0) is 28.6 Å². The summed E-state index contributed by atoms with van der Waals surface area (Å²) >= 11 is 0. The molecule has 0 saturated heterocycles. The van der Waals surface area contributed by atoms with Crippen molar-refractivity contribution in [2.24, 2.45) is 11.8 Å². The van der Waals surface area contributed by atoms with Crippen molar-refractivity contribution in [3.05, 3.63) is 0 Å². The number of esters is 3. The van der Waals surface area contributed by atoms with Gasteiger partial charge in [0.25, 0.3) is 0 Å². The van der Waals surface area contributed by atoms with Gasteiger partial charge in [-0.3, -0.25) is 14.4 Å². The summed E-state index contributed by atoms with van der Waals surface area (Å²) in [6, 6.07) is 0. The molecule has 62 heavy (non-hydrogen) atoms. The van der Waals surface area contributed by atoms with Crippen molar-refractivity contribution in [1.29, 1.82) is 0 Å². The van der Waals surface area contributed by atoms with Crippen LogP contribution < -0.4 is 0 Å². The van der Waals surface area contributed by atoms with Gasteiger partial charge in [-0.2, -0.15) is 0 Å². The summed E-state index contributed by atoms with van der Waals surface area (Å²) in [5.74, 6) is 0.822. The lowest BCUT2D eigenvalue weighted by molar-refractivity contribution is -0.167. The molecular weight excluding hydrogens is 769 g/mol. The summed E-state index contributed by atoms with van der Waals surface area (Å²) in [6.07, 6.45) is 50.9. The van der Waals surface area contributed by atoms with Crippen LogP contribution in [0.15, 0.2) is 0 Å². The molecule has 0 aliphatic carbocycles. The third-order valence-corrected chi connectivity index (χ3v) is 12.7. The lowest BCUT2D eigenvalue weighted by atomic mass is 10.0. The largest absolute Gasteiger partial charge is 0.462 e. The van der Waals surface area contributed by atoms with Gasteiger partial charge in [0.2, 0.25) is 0 Å². The minimum atomic E-state index is -0.762. The molecule has 0 spiro atoms. The molecule has 368 valence electrons. The predicted octanol–water partition coefficient (Wildman–Crippen LogP) is 18.1. The molecule has 0 radical (unpaired) electrons. The molecule has 6 heteroatoms. The number of carbonyl (C=O) groups excluding carboxylic acids is 3. The van der Waals surface area contributed by atoms with Crippen molar-refractivity contribution in [2.45, 2.75) is 317 Å². The number of hydrogen-bond donors (Lipinski definition) is 0. The van der Waals surface area contributed by atoms with E-state index in [1.54, 1.807) is 0 Å². The SMILES string of the molecule is CCCCCCCCCCCCCCCC(=O)OC[C@H](COC(=O)CCCCCCCCCCCCCCCCCC(C)C)OC(=O)CCCCCCCCCCCCC(C)C. The molecule has 6 nitrogen and oxygen atoms in total. The predicted molar refractivity (Wildman–Crippen MR) is 266 cm³/mol. The van der Waals surface area contributed by atoms with E-state index in [0.717, 1.165) is 69.6 Å². The Hall–Kier alpha value is -1.59. The van der Waals surface area contributed by atoms with E-state index in [2.05, 4.69) is 34.6 Å². The molecule has 0 aromatic heterocycles. The van der Waals surface area contributed by atoms with Crippen LogP contribution in [0.3, 0.4) is 0 Å². The average Bonchev–Trinajstić information content (AvgIpc) is 3.24. The molecule has 0 fully saturated rings. The fourth-order valence-electron chi connectivity index (χ4n) is 8.52. The summed E-state index contributed by atoms with van der Waals surface area (Å²) in [4.78, 5) is 38.0. The zero-order valence-electron chi connectivity index (χ0n) is 42.5. The Labute approximate surface area is 387 Å². The highest BCUT2D eigenvalue weighted by Gasteiger charge is 2.19. The van der Waals surface area contributed by atoms with Crippen molar-refractivity contribution in [3.63, 3.8) is 0 Å². The van der Waals surface area contributed by atoms with E-state index in [9.17, 15) is 14.4 Å². The van der Waals surface area contributed by atoms with Crippen LogP contribution in [0.25, 0.3) is 0 Å². The maximum Gasteiger partial charge on any atom is 0.306 e. The highest BCUT2D eigenvalue weighted by atomic mass is 16.6. The Kier molecular flexibility index (Phi) is 47.6. The minimum absolute atomic E-state index is 0.0631. The van der Waals surface area contributed by atoms with Crippen molar-refractivity contribution in [1.82, 2.24) is 0 Å². The van der Waals surface area contributed by atoms with Gasteiger partial charge >= 0.3 is 17.9 Å². The van der Waals surface area contributed by atoms with E-state index < -0.39 is 6.10 Å². The summed E-state index contributed by atoms with van der Waals surface area (Å²) in [5, 5.41) is 0. The normalized spacial score (nSPS) is 12.0. The molecule has 0 aromatic rings. The molecular formula is C56H108O6. The molecule has 0 aromatic carbocycles. The van der Waals surface area contributed by atoms with Crippen molar-refractivity contribution in [3.8, 4) is 0 Å². The lowest BCUT2D eigenvalue weighted by Crippen LogP contribution is -2.30. The fourth-order valence-corrected chi connectivity index (χ4v) is 8.52. The Balaban J connectivity index is 4.28. The summed E-state index contributed by atoms with van der Waals surface area (Å²) in [5.41, 5.74) is 0. The fraction of sp³-hybridized carbons (Fsp3) is 0.946. The molecule has 0 unspecified atom stereocenters. The first-order valence-electron chi connectivity index (χ1n) is 27.7. The van der Waals surface area contributed by atoms with Crippen LogP contribution in [0, 0.1) is 11.8 Å². The highest BCUT2D eigenvalue weighted by Crippen LogP contribution is 2.18. The van der Waals surface area contributed by atoms with Gasteiger partial charge in [0, 0.05) is 19.3 Å². The number of carbonyl (C=O) groups is 3. The van der Waals surface area contributed by atoms with Crippen molar-refractivity contribution >= 4 is 17.9 Å². The first-order valence-corrected chi connectivity index (χ1v) is 27.7. The summed E-state index contributed by atoms with van der Waals surface area (Å²) < 4.78 is 16.9. The molecule has 0 rings (SSSR count). The maximum atomic E-state index is 12.8. The van der Waals surface area contributed by atoms with Crippen LogP contribution in [0.2, 0.25) is 0 Å². The Morgan fingerprint density at radius 3 is 0.790 bits per heavy atom. The molecule has 1 atom stereocenters. The van der Waals surface area contributed by atoms with Gasteiger partial charge in [0.05, 0.1) is 0 Å². The molecule has 0 aliphatic heterocycles. The smallest absolute Gasteiger partial charge is 0.306 e. The van der Waals surface area contributed by atoms with E-state index in [1.807, 2.05) is 0 Å². The van der Waals surface area contributed by atoms with Crippen molar-refractivity contribution < 1.29 is 28.6 Å². The molecule has 0 aliphatic rings. The van der Waals surface area contributed by atoms with Crippen molar-refractivity contribution in [2.75, 3.05) is 13.2 Å². The lowest BCUT2D eigenvalue weighted by Gasteiger charge is -2.18. The zero-order valence-corrected chi connectivity index (χ0v) is 42.5. The van der Waals surface area contributed by atoms with Gasteiger partial charge < -0.3 is 14.2 Å². The third kappa shape index (κ3) is 49.4. The number of rotatable bonds is 50. The average molecular weight is 877 g/mol. The maximum absolute atomic E-state index is 12.8. The molecule has 0 saturated carbocycles. The van der Waals surface area contributed by atoms with E-state index >= 15 is 0 Å². The number of hydrogen-bond acceptors (Lipinski definition) is 6. The number of ether oxygens (including phenoxy) is 3. The molecule has 0 N–H and O–H groups in total. The van der Waals surface area contributed by atoms with E-state index in [-0.39, 0.29) is 31.1 Å². The minimum Gasteiger partial charge on any atom is -0.462 e.